The van der Waals surface area contributed by atoms with E-state index in [0.717, 1.165) is 16.9 Å². The topological polar surface area (TPSA) is 29.5 Å². The number of rotatable bonds is 2. The van der Waals surface area contributed by atoms with Gasteiger partial charge in [0.2, 0.25) is 0 Å². The Morgan fingerprint density at radius 1 is 1.28 bits per heavy atom. The van der Waals surface area contributed by atoms with Crippen LogP contribution in [0.15, 0.2) is 36.4 Å². The van der Waals surface area contributed by atoms with Crippen molar-refractivity contribution >= 4 is 11.3 Å². The summed E-state index contributed by atoms with van der Waals surface area (Å²) in [6.45, 7) is 2.74. The molecule has 0 aliphatic carbocycles. The van der Waals surface area contributed by atoms with Gasteiger partial charge < -0.3 is 9.84 Å². The van der Waals surface area contributed by atoms with Crippen LogP contribution in [0.2, 0.25) is 0 Å². The summed E-state index contributed by atoms with van der Waals surface area (Å²) in [5, 5.41) is 10.5. The Bertz CT molecular complexity index is 547. The predicted octanol–water partition coefficient (Wildman–Crippen LogP) is 3.40. The Morgan fingerprint density at radius 2 is 2.11 bits per heavy atom. The molecule has 1 aliphatic rings. The van der Waals surface area contributed by atoms with Crippen LogP contribution < -0.4 is 0 Å². The van der Waals surface area contributed by atoms with Crippen LogP contribution in [0.4, 0.5) is 0 Å². The van der Waals surface area contributed by atoms with Gasteiger partial charge in [0.15, 0.2) is 0 Å². The molecule has 0 saturated heterocycles. The van der Waals surface area contributed by atoms with E-state index in [1.807, 2.05) is 24.3 Å². The van der Waals surface area contributed by atoms with Crippen molar-refractivity contribution in [3.05, 3.63) is 57.3 Å². The monoisotopic (exact) mass is 260 g/mol. The van der Waals surface area contributed by atoms with Crippen molar-refractivity contribution in [2.24, 2.45) is 0 Å². The Hall–Kier alpha value is -1.16. The summed E-state index contributed by atoms with van der Waals surface area (Å²) in [5.74, 6) is 0. The largest absolute Gasteiger partial charge is 0.384 e. The number of aryl methyl sites for hydroxylation is 1. The number of hydrogen-bond acceptors (Lipinski definition) is 3. The van der Waals surface area contributed by atoms with E-state index in [0.29, 0.717) is 6.61 Å². The van der Waals surface area contributed by atoms with Crippen molar-refractivity contribution in [3.8, 4) is 0 Å². The molecule has 1 N–H and O–H groups in total. The van der Waals surface area contributed by atoms with Gasteiger partial charge in [0.05, 0.1) is 6.61 Å². The number of aliphatic hydroxyl groups excluding tert-OH is 1. The molecule has 2 aromatic rings. The zero-order chi connectivity index (χ0) is 12.5. The highest BCUT2D eigenvalue weighted by molar-refractivity contribution is 7.12. The first-order chi connectivity index (χ1) is 8.75. The van der Waals surface area contributed by atoms with Gasteiger partial charge in [-0.3, -0.25) is 0 Å². The molecule has 0 radical (unpaired) electrons. The number of ether oxygens (including phenoxy) is 1. The zero-order valence-corrected chi connectivity index (χ0v) is 11.1. The Kier molecular flexibility index (Phi) is 3.20. The van der Waals surface area contributed by atoms with Crippen LogP contribution in [-0.4, -0.2) is 11.7 Å². The molecular weight excluding hydrogens is 244 g/mol. The lowest BCUT2D eigenvalue weighted by Gasteiger charge is -2.29. The number of fused-ring (bicyclic) bond motifs is 1. The van der Waals surface area contributed by atoms with Gasteiger partial charge in [-0.2, -0.15) is 0 Å². The summed E-state index contributed by atoms with van der Waals surface area (Å²) in [6.07, 6.45) is 0.140. The van der Waals surface area contributed by atoms with Crippen molar-refractivity contribution in [2.75, 3.05) is 6.61 Å². The van der Waals surface area contributed by atoms with Crippen LogP contribution in [0.5, 0.6) is 0 Å². The van der Waals surface area contributed by atoms with Gasteiger partial charge >= 0.3 is 0 Å². The Balaban J connectivity index is 1.94. The average Bonchev–Trinajstić information content (AvgIpc) is 2.84. The van der Waals surface area contributed by atoms with Crippen molar-refractivity contribution in [1.29, 1.82) is 0 Å². The third-order valence-electron chi connectivity index (χ3n) is 3.37. The normalized spacial score (nSPS) is 20.4. The van der Waals surface area contributed by atoms with E-state index in [1.54, 1.807) is 11.3 Å². The molecular formula is C15H16O2S. The van der Waals surface area contributed by atoms with Gasteiger partial charge in [0, 0.05) is 9.75 Å². The Labute approximate surface area is 111 Å². The Morgan fingerprint density at radius 3 is 2.89 bits per heavy atom. The van der Waals surface area contributed by atoms with Crippen LogP contribution in [0.3, 0.4) is 0 Å². The summed E-state index contributed by atoms with van der Waals surface area (Å²) in [5.41, 5.74) is 2.42. The lowest BCUT2D eigenvalue weighted by atomic mass is 9.94. The molecule has 0 amide bonds. The molecule has 0 fully saturated rings. The maximum Gasteiger partial charge on any atom is 0.118 e. The molecule has 0 bridgehead atoms. The number of aliphatic hydroxyl groups is 1. The maximum atomic E-state index is 10.5. The molecule has 3 rings (SSSR count). The first-order valence-electron chi connectivity index (χ1n) is 6.19. The standard InChI is InChI=1S/C15H16O2S/c1-10-6-7-13(18-10)14(16)15-12-5-3-2-4-11(12)8-9-17-15/h2-7,14-16H,8-9H2,1H3. The predicted molar refractivity (Wildman–Crippen MR) is 72.9 cm³/mol. The fraction of sp³-hybridized carbons (Fsp3) is 0.333. The minimum atomic E-state index is -0.565. The van der Waals surface area contributed by atoms with Gasteiger partial charge in [-0.25, -0.2) is 0 Å². The SMILES string of the molecule is Cc1ccc(C(O)C2OCCc3ccccc32)s1. The third-order valence-corrected chi connectivity index (χ3v) is 4.44. The molecule has 0 saturated carbocycles. The molecule has 1 aromatic heterocycles. The lowest BCUT2D eigenvalue weighted by molar-refractivity contribution is -0.0468. The van der Waals surface area contributed by atoms with E-state index >= 15 is 0 Å². The van der Waals surface area contributed by atoms with Crippen molar-refractivity contribution in [1.82, 2.24) is 0 Å². The third kappa shape index (κ3) is 2.09. The van der Waals surface area contributed by atoms with Crippen LogP contribution >= 0.6 is 11.3 Å². The van der Waals surface area contributed by atoms with E-state index in [2.05, 4.69) is 19.1 Å². The molecule has 2 heterocycles. The van der Waals surface area contributed by atoms with Crippen LogP contribution in [0, 0.1) is 6.92 Å². The smallest absolute Gasteiger partial charge is 0.118 e. The highest BCUT2D eigenvalue weighted by Gasteiger charge is 2.29. The van der Waals surface area contributed by atoms with E-state index in [-0.39, 0.29) is 6.10 Å². The summed E-state index contributed by atoms with van der Waals surface area (Å²) >= 11 is 1.63. The molecule has 2 atom stereocenters. The van der Waals surface area contributed by atoms with Crippen LogP contribution in [-0.2, 0) is 11.2 Å². The van der Waals surface area contributed by atoms with E-state index in [4.69, 9.17) is 4.74 Å². The quantitative estimate of drug-likeness (QED) is 0.896. The average molecular weight is 260 g/mol. The van der Waals surface area contributed by atoms with Gasteiger partial charge in [0.25, 0.3) is 0 Å². The maximum absolute atomic E-state index is 10.5. The fourth-order valence-electron chi connectivity index (χ4n) is 2.45. The van der Waals surface area contributed by atoms with Crippen LogP contribution in [0.25, 0.3) is 0 Å². The summed E-state index contributed by atoms with van der Waals surface area (Å²) in [6, 6.07) is 12.3. The molecule has 1 aromatic carbocycles. The molecule has 2 unspecified atom stereocenters. The second-order valence-corrected chi connectivity index (χ2v) is 5.95. The van der Waals surface area contributed by atoms with Crippen molar-refractivity contribution in [3.63, 3.8) is 0 Å². The van der Waals surface area contributed by atoms with Crippen LogP contribution in [0.1, 0.15) is 33.1 Å². The van der Waals surface area contributed by atoms with Crippen molar-refractivity contribution in [2.45, 2.75) is 25.6 Å². The minimum Gasteiger partial charge on any atom is -0.384 e. The molecule has 1 aliphatic heterocycles. The van der Waals surface area contributed by atoms with E-state index < -0.39 is 6.10 Å². The molecule has 3 heteroatoms. The first-order valence-corrected chi connectivity index (χ1v) is 7.01. The van der Waals surface area contributed by atoms with Gasteiger partial charge in [0.1, 0.15) is 12.2 Å². The molecule has 18 heavy (non-hydrogen) atoms. The van der Waals surface area contributed by atoms with Gasteiger partial charge in [-0.15, -0.1) is 11.3 Å². The van der Waals surface area contributed by atoms with Gasteiger partial charge in [-0.05, 0) is 36.6 Å². The molecule has 0 spiro atoms. The number of hydrogen-bond donors (Lipinski definition) is 1. The van der Waals surface area contributed by atoms with Gasteiger partial charge in [-0.1, -0.05) is 24.3 Å². The van der Waals surface area contributed by atoms with E-state index in [1.165, 1.54) is 10.4 Å². The van der Waals surface area contributed by atoms with Crippen molar-refractivity contribution < 1.29 is 9.84 Å². The highest BCUT2D eigenvalue weighted by Crippen LogP contribution is 2.38. The lowest BCUT2D eigenvalue weighted by Crippen LogP contribution is -2.21. The van der Waals surface area contributed by atoms with E-state index in [9.17, 15) is 5.11 Å². The molecule has 94 valence electrons. The summed E-state index contributed by atoms with van der Waals surface area (Å²) < 4.78 is 5.79. The second kappa shape index (κ2) is 4.84. The number of thiophene rings is 1. The molecule has 2 nitrogen and oxygen atoms in total. The highest BCUT2D eigenvalue weighted by atomic mass is 32.1. The first kappa shape index (κ1) is 11.9. The summed E-state index contributed by atoms with van der Waals surface area (Å²) in [7, 11) is 0. The second-order valence-electron chi connectivity index (χ2n) is 4.63. The fourth-order valence-corrected chi connectivity index (χ4v) is 3.34. The summed E-state index contributed by atoms with van der Waals surface area (Å²) in [4.78, 5) is 2.20. The minimum absolute atomic E-state index is 0.229. The number of benzene rings is 1. The zero-order valence-electron chi connectivity index (χ0n) is 10.3.